The average Bonchev–Trinajstić information content (AvgIpc) is 3.06. The van der Waals surface area contributed by atoms with Crippen LogP contribution in [0.25, 0.3) is 4.96 Å². The quantitative estimate of drug-likeness (QED) is 0.634. The van der Waals surface area contributed by atoms with Crippen molar-refractivity contribution in [3.8, 4) is 11.5 Å². The van der Waals surface area contributed by atoms with Gasteiger partial charge in [-0.3, -0.25) is 9.69 Å². The van der Waals surface area contributed by atoms with Crippen LogP contribution in [-0.2, 0) is 6.54 Å². The van der Waals surface area contributed by atoms with Crippen molar-refractivity contribution in [2.75, 3.05) is 19.7 Å². The Morgan fingerprint density at radius 3 is 2.71 bits per heavy atom. The van der Waals surface area contributed by atoms with Gasteiger partial charge in [0, 0.05) is 25.7 Å². The Morgan fingerprint density at radius 1 is 1.21 bits per heavy atom. The topological polar surface area (TPSA) is 69.0 Å². The first-order valence-corrected chi connectivity index (χ1v) is 10.4. The molecular formula is C20H24N4O3S. The first kappa shape index (κ1) is 18.9. The fourth-order valence-corrected chi connectivity index (χ4v) is 4.22. The summed E-state index contributed by atoms with van der Waals surface area (Å²) in [5.41, 5.74) is 0.685. The van der Waals surface area contributed by atoms with E-state index in [1.165, 1.54) is 15.9 Å². The lowest BCUT2D eigenvalue weighted by Gasteiger charge is -2.32. The van der Waals surface area contributed by atoms with Crippen LogP contribution in [0.4, 0.5) is 0 Å². The van der Waals surface area contributed by atoms with E-state index in [1.54, 1.807) is 6.07 Å². The van der Waals surface area contributed by atoms with Crippen LogP contribution >= 0.6 is 11.3 Å². The zero-order valence-electron chi connectivity index (χ0n) is 16.1. The van der Waals surface area contributed by atoms with Gasteiger partial charge < -0.3 is 9.47 Å². The van der Waals surface area contributed by atoms with Crippen molar-refractivity contribution >= 4 is 16.3 Å². The summed E-state index contributed by atoms with van der Waals surface area (Å²) in [6.07, 6.45) is 2.03. The highest BCUT2D eigenvalue weighted by molar-refractivity contribution is 7.16. The maximum absolute atomic E-state index is 12.2. The molecule has 0 saturated carbocycles. The summed E-state index contributed by atoms with van der Waals surface area (Å²) in [5, 5.41) is 5.03. The zero-order valence-corrected chi connectivity index (χ0v) is 16.9. The fourth-order valence-electron chi connectivity index (χ4n) is 3.45. The Kier molecular flexibility index (Phi) is 5.59. The molecule has 0 amide bonds. The average molecular weight is 401 g/mol. The minimum Gasteiger partial charge on any atom is -0.490 e. The molecule has 7 nitrogen and oxygen atoms in total. The highest BCUT2D eigenvalue weighted by Gasteiger charge is 2.22. The summed E-state index contributed by atoms with van der Waals surface area (Å²) in [4.78, 5) is 19.8. The van der Waals surface area contributed by atoms with E-state index in [-0.39, 0.29) is 11.7 Å². The lowest BCUT2D eigenvalue weighted by molar-refractivity contribution is 0.0930. The van der Waals surface area contributed by atoms with Crippen molar-refractivity contribution in [3.63, 3.8) is 0 Å². The van der Waals surface area contributed by atoms with Gasteiger partial charge in [-0.2, -0.15) is 9.61 Å². The third-order valence-electron chi connectivity index (χ3n) is 4.76. The predicted octanol–water partition coefficient (Wildman–Crippen LogP) is 2.90. The monoisotopic (exact) mass is 400 g/mol. The molecule has 0 bridgehead atoms. The molecule has 0 N–H and O–H groups in total. The molecule has 8 heteroatoms. The molecule has 1 saturated heterocycles. The molecular weight excluding hydrogens is 376 g/mol. The predicted molar refractivity (Wildman–Crippen MR) is 108 cm³/mol. The number of hydrogen-bond acceptors (Lipinski definition) is 7. The number of hydrogen-bond donors (Lipinski definition) is 0. The minimum absolute atomic E-state index is 0.116. The Bertz CT molecular complexity index is 1010. The normalized spacial score (nSPS) is 15.8. The van der Waals surface area contributed by atoms with Gasteiger partial charge in [-0.1, -0.05) is 23.5 Å². The molecule has 0 radical (unpaired) electrons. The summed E-state index contributed by atoms with van der Waals surface area (Å²) in [6, 6.07) is 9.41. The largest absolute Gasteiger partial charge is 0.490 e. The highest BCUT2D eigenvalue weighted by Crippen LogP contribution is 2.29. The number of aromatic nitrogens is 3. The molecule has 3 aromatic rings. The Hall–Kier alpha value is -2.45. The van der Waals surface area contributed by atoms with Gasteiger partial charge >= 0.3 is 0 Å². The maximum Gasteiger partial charge on any atom is 0.275 e. The van der Waals surface area contributed by atoms with E-state index >= 15 is 0 Å². The zero-order chi connectivity index (χ0) is 19.5. The van der Waals surface area contributed by atoms with Gasteiger partial charge in [-0.05, 0) is 38.8 Å². The third kappa shape index (κ3) is 4.18. The van der Waals surface area contributed by atoms with Crippen LogP contribution in [0.3, 0.4) is 0 Å². The second-order valence-corrected chi connectivity index (χ2v) is 8.03. The summed E-state index contributed by atoms with van der Waals surface area (Å²) in [5.74, 6) is 1.61. The number of benzene rings is 1. The second kappa shape index (κ2) is 8.28. The number of para-hydroxylation sites is 2. The van der Waals surface area contributed by atoms with E-state index in [1.807, 2.05) is 38.1 Å². The van der Waals surface area contributed by atoms with Gasteiger partial charge in [0.25, 0.3) is 5.56 Å². The van der Waals surface area contributed by atoms with Crippen LogP contribution in [0.5, 0.6) is 11.5 Å². The van der Waals surface area contributed by atoms with E-state index in [0.29, 0.717) is 18.1 Å². The Morgan fingerprint density at radius 2 is 1.96 bits per heavy atom. The van der Waals surface area contributed by atoms with Crippen molar-refractivity contribution in [2.24, 2.45) is 0 Å². The molecule has 1 aliphatic rings. The van der Waals surface area contributed by atoms with Crippen LogP contribution in [0.2, 0.25) is 0 Å². The van der Waals surface area contributed by atoms with Crippen molar-refractivity contribution < 1.29 is 9.47 Å². The molecule has 28 heavy (non-hydrogen) atoms. The first-order valence-electron chi connectivity index (χ1n) is 9.59. The Labute approximate surface area is 167 Å². The van der Waals surface area contributed by atoms with E-state index in [0.717, 1.165) is 48.1 Å². The van der Waals surface area contributed by atoms with Gasteiger partial charge in [0.2, 0.25) is 4.96 Å². The fraction of sp³-hybridized carbons (Fsp3) is 0.450. The molecule has 1 aliphatic heterocycles. The molecule has 1 aromatic carbocycles. The third-order valence-corrected chi connectivity index (χ3v) is 5.59. The molecule has 4 rings (SSSR count). The smallest absolute Gasteiger partial charge is 0.275 e. The van der Waals surface area contributed by atoms with Crippen LogP contribution in [0, 0.1) is 6.92 Å². The van der Waals surface area contributed by atoms with Gasteiger partial charge in [-0.25, -0.2) is 4.98 Å². The van der Waals surface area contributed by atoms with Crippen molar-refractivity contribution in [1.82, 2.24) is 19.5 Å². The van der Waals surface area contributed by atoms with E-state index in [4.69, 9.17) is 9.47 Å². The second-order valence-electron chi connectivity index (χ2n) is 6.87. The summed E-state index contributed by atoms with van der Waals surface area (Å²) < 4.78 is 13.2. The van der Waals surface area contributed by atoms with Crippen LogP contribution < -0.4 is 15.0 Å². The number of fused-ring (bicyclic) bond motifs is 1. The minimum atomic E-state index is -0.116. The van der Waals surface area contributed by atoms with E-state index in [2.05, 4.69) is 15.0 Å². The van der Waals surface area contributed by atoms with Gasteiger partial charge in [0.1, 0.15) is 11.1 Å². The molecule has 0 atom stereocenters. The number of likely N-dealkylation sites (tertiary alicyclic amines) is 1. The van der Waals surface area contributed by atoms with Crippen molar-refractivity contribution in [3.05, 3.63) is 51.4 Å². The first-order chi connectivity index (χ1) is 13.6. The number of nitrogens with zero attached hydrogens (tertiary/aromatic N) is 4. The molecule has 0 aliphatic carbocycles. The molecule has 2 aromatic heterocycles. The van der Waals surface area contributed by atoms with E-state index in [9.17, 15) is 4.79 Å². The van der Waals surface area contributed by atoms with Gasteiger partial charge in [0.05, 0.1) is 12.3 Å². The van der Waals surface area contributed by atoms with E-state index < -0.39 is 0 Å². The van der Waals surface area contributed by atoms with Crippen molar-refractivity contribution in [1.29, 1.82) is 0 Å². The summed E-state index contributed by atoms with van der Waals surface area (Å²) >= 11 is 1.44. The number of rotatable bonds is 6. The lowest BCUT2D eigenvalue weighted by atomic mass is 10.1. The Balaban J connectivity index is 1.36. The molecule has 3 heterocycles. The number of aryl methyl sites for hydroxylation is 1. The van der Waals surface area contributed by atoms with Gasteiger partial charge in [0.15, 0.2) is 11.5 Å². The maximum atomic E-state index is 12.2. The van der Waals surface area contributed by atoms with Gasteiger partial charge in [-0.15, -0.1) is 0 Å². The van der Waals surface area contributed by atoms with Crippen LogP contribution in [-0.4, -0.2) is 45.3 Å². The van der Waals surface area contributed by atoms with Crippen LogP contribution in [0.1, 0.15) is 30.5 Å². The highest BCUT2D eigenvalue weighted by atomic mass is 32.1. The molecule has 148 valence electrons. The molecule has 0 spiro atoms. The van der Waals surface area contributed by atoms with Crippen molar-refractivity contribution in [2.45, 2.75) is 39.3 Å². The summed E-state index contributed by atoms with van der Waals surface area (Å²) in [6.45, 7) is 6.96. The molecule has 0 unspecified atom stereocenters. The molecule has 1 fully saturated rings. The standard InChI is InChI=1S/C20H24N4O3S/c1-3-26-17-6-4-5-7-18(17)27-16-8-10-23(11-9-16)13-15-12-19(25)24-20(21-15)28-14(2)22-24/h4-7,12,16H,3,8-11,13H2,1-2H3. The van der Waals surface area contributed by atoms with Crippen LogP contribution in [0.15, 0.2) is 35.1 Å². The number of piperidine rings is 1. The number of ether oxygens (including phenoxy) is 2. The summed E-state index contributed by atoms with van der Waals surface area (Å²) in [7, 11) is 0. The lowest BCUT2D eigenvalue weighted by Crippen LogP contribution is -2.38. The SMILES string of the molecule is CCOc1ccccc1OC1CCN(Cc2cc(=O)n3nc(C)sc3n2)CC1.